The maximum absolute atomic E-state index is 13.8. The maximum Gasteiger partial charge on any atom is 0.328 e. The fourth-order valence-corrected chi connectivity index (χ4v) is 4.02. The summed E-state index contributed by atoms with van der Waals surface area (Å²) in [6.45, 7) is 0.225. The predicted molar refractivity (Wildman–Crippen MR) is 105 cm³/mol. The number of rotatable bonds is 7. The van der Waals surface area contributed by atoms with Crippen molar-refractivity contribution in [2.24, 2.45) is 0 Å². The standard InChI is InChI=1S/C21H22FNO4S/c1-26-21(25)18-13-15(27-19-10-6-5-9-17(19)22)14-23(18)20(24)11-12-28-16-7-3-2-4-8-16/h2-10,15,18H,11-14H2,1H3. The van der Waals surface area contributed by atoms with E-state index in [1.165, 1.54) is 24.1 Å². The highest BCUT2D eigenvalue weighted by Gasteiger charge is 2.41. The molecule has 0 aromatic heterocycles. The molecular weight excluding hydrogens is 381 g/mol. The molecule has 0 N–H and O–H groups in total. The molecule has 7 heteroatoms. The minimum Gasteiger partial charge on any atom is -0.485 e. The Kier molecular flexibility index (Phi) is 6.92. The van der Waals surface area contributed by atoms with Crippen LogP contribution >= 0.6 is 11.8 Å². The van der Waals surface area contributed by atoms with Gasteiger partial charge < -0.3 is 14.4 Å². The molecule has 5 nitrogen and oxygen atoms in total. The van der Waals surface area contributed by atoms with Gasteiger partial charge in [0.15, 0.2) is 11.6 Å². The normalized spacial score (nSPS) is 18.7. The van der Waals surface area contributed by atoms with E-state index in [1.54, 1.807) is 23.9 Å². The molecule has 2 aromatic carbocycles. The molecule has 2 aromatic rings. The highest BCUT2D eigenvalue weighted by atomic mass is 32.2. The van der Waals surface area contributed by atoms with E-state index in [1.807, 2.05) is 30.3 Å². The number of para-hydroxylation sites is 1. The van der Waals surface area contributed by atoms with Crippen LogP contribution in [-0.4, -0.2) is 48.3 Å². The largest absolute Gasteiger partial charge is 0.485 e. The molecule has 1 heterocycles. The van der Waals surface area contributed by atoms with E-state index in [-0.39, 0.29) is 24.6 Å². The van der Waals surface area contributed by atoms with Crippen molar-refractivity contribution in [2.75, 3.05) is 19.4 Å². The van der Waals surface area contributed by atoms with E-state index in [0.717, 1.165) is 4.90 Å². The van der Waals surface area contributed by atoms with Crippen LogP contribution in [0.3, 0.4) is 0 Å². The van der Waals surface area contributed by atoms with E-state index >= 15 is 0 Å². The van der Waals surface area contributed by atoms with Crippen LogP contribution in [0.15, 0.2) is 59.5 Å². The molecule has 3 rings (SSSR count). The molecule has 2 atom stereocenters. The number of nitrogens with zero attached hydrogens (tertiary/aromatic N) is 1. The van der Waals surface area contributed by atoms with E-state index in [2.05, 4.69) is 0 Å². The minimum atomic E-state index is -0.712. The third kappa shape index (κ3) is 5.04. The quantitative estimate of drug-likeness (QED) is 0.523. The van der Waals surface area contributed by atoms with E-state index in [0.29, 0.717) is 12.2 Å². The first-order chi connectivity index (χ1) is 13.6. The van der Waals surface area contributed by atoms with E-state index < -0.39 is 23.9 Å². The zero-order valence-corrected chi connectivity index (χ0v) is 16.4. The van der Waals surface area contributed by atoms with Gasteiger partial charge in [-0.2, -0.15) is 0 Å². The van der Waals surface area contributed by atoms with Gasteiger partial charge in [0.05, 0.1) is 13.7 Å². The van der Waals surface area contributed by atoms with Crippen LogP contribution in [0.2, 0.25) is 0 Å². The number of ether oxygens (including phenoxy) is 2. The summed E-state index contributed by atoms with van der Waals surface area (Å²) in [5.74, 6) is -0.375. The minimum absolute atomic E-state index is 0.116. The van der Waals surface area contributed by atoms with Gasteiger partial charge in [-0.3, -0.25) is 4.79 Å². The number of benzene rings is 2. The number of thioether (sulfide) groups is 1. The average molecular weight is 403 g/mol. The zero-order valence-electron chi connectivity index (χ0n) is 15.5. The van der Waals surface area contributed by atoms with Gasteiger partial charge in [-0.25, -0.2) is 9.18 Å². The molecule has 2 unspecified atom stereocenters. The zero-order chi connectivity index (χ0) is 19.9. The Morgan fingerprint density at radius 2 is 1.86 bits per heavy atom. The van der Waals surface area contributed by atoms with Gasteiger partial charge >= 0.3 is 5.97 Å². The number of halogens is 1. The first kappa shape index (κ1) is 20.2. The second-order valence-corrected chi connectivity index (χ2v) is 7.57. The molecule has 0 aliphatic carbocycles. The predicted octanol–water partition coefficient (Wildman–Crippen LogP) is 3.53. The van der Waals surface area contributed by atoms with Crippen LogP contribution in [0.4, 0.5) is 4.39 Å². The number of hydrogen-bond acceptors (Lipinski definition) is 5. The summed E-state index contributed by atoms with van der Waals surface area (Å²) in [6, 6.07) is 15.2. The lowest BCUT2D eigenvalue weighted by Gasteiger charge is -2.22. The number of amides is 1. The highest BCUT2D eigenvalue weighted by Crippen LogP contribution is 2.27. The van der Waals surface area contributed by atoms with Crippen molar-refractivity contribution < 1.29 is 23.5 Å². The Morgan fingerprint density at radius 1 is 1.14 bits per heavy atom. The van der Waals surface area contributed by atoms with Crippen LogP contribution in [-0.2, 0) is 14.3 Å². The molecule has 1 saturated heterocycles. The molecule has 0 spiro atoms. The number of esters is 1. The van der Waals surface area contributed by atoms with Gasteiger partial charge in [-0.1, -0.05) is 30.3 Å². The van der Waals surface area contributed by atoms with Gasteiger partial charge in [0.1, 0.15) is 12.1 Å². The molecule has 1 fully saturated rings. The Labute approximate surface area is 167 Å². The summed E-state index contributed by atoms with van der Waals surface area (Å²) in [7, 11) is 1.29. The number of carbonyl (C=O) groups is 2. The van der Waals surface area contributed by atoms with Gasteiger partial charge in [0.2, 0.25) is 5.91 Å². The monoisotopic (exact) mass is 403 g/mol. The summed E-state index contributed by atoms with van der Waals surface area (Å²) >= 11 is 1.58. The summed E-state index contributed by atoms with van der Waals surface area (Å²) < 4.78 is 24.4. The number of methoxy groups -OCH3 is 1. The van der Waals surface area contributed by atoms with E-state index in [9.17, 15) is 14.0 Å². The molecular formula is C21H22FNO4S. The lowest BCUT2D eigenvalue weighted by molar-refractivity contribution is -0.150. The number of carbonyl (C=O) groups excluding carboxylic acids is 2. The Hall–Kier alpha value is -2.54. The maximum atomic E-state index is 13.8. The van der Waals surface area contributed by atoms with Crippen molar-refractivity contribution in [3.63, 3.8) is 0 Å². The summed E-state index contributed by atoms with van der Waals surface area (Å²) in [4.78, 5) is 27.4. The summed E-state index contributed by atoms with van der Waals surface area (Å²) in [5.41, 5.74) is 0. The smallest absolute Gasteiger partial charge is 0.328 e. The third-order valence-corrected chi connectivity index (χ3v) is 5.53. The molecule has 0 radical (unpaired) electrons. The summed E-state index contributed by atoms with van der Waals surface area (Å²) in [5, 5.41) is 0. The molecule has 0 saturated carbocycles. The van der Waals surface area contributed by atoms with Crippen molar-refractivity contribution >= 4 is 23.6 Å². The topological polar surface area (TPSA) is 55.8 Å². The number of hydrogen-bond donors (Lipinski definition) is 0. The SMILES string of the molecule is COC(=O)C1CC(Oc2ccccc2F)CN1C(=O)CCSc1ccccc1. The number of likely N-dealkylation sites (tertiary alicyclic amines) is 1. The molecule has 1 aliphatic heterocycles. The fraction of sp³-hybridized carbons (Fsp3) is 0.333. The Balaban J connectivity index is 1.61. The van der Waals surface area contributed by atoms with Crippen LogP contribution < -0.4 is 4.74 Å². The van der Waals surface area contributed by atoms with Crippen LogP contribution in [0, 0.1) is 5.82 Å². The lowest BCUT2D eigenvalue weighted by Crippen LogP contribution is -2.41. The molecule has 28 heavy (non-hydrogen) atoms. The van der Waals surface area contributed by atoms with Gasteiger partial charge in [-0.05, 0) is 24.3 Å². The Morgan fingerprint density at radius 3 is 2.57 bits per heavy atom. The van der Waals surface area contributed by atoms with Crippen LogP contribution in [0.1, 0.15) is 12.8 Å². The van der Waals surface area contributed by atoms with Crippen molar-refractivity contribution in [2.45, 2.75) is 29.9 Å². The third-order valence-electron chi connectivity index (χ3n) is 4.51. The van der Waals surface area contributed by atoms with Crippen molar-refractivity contribution in [1.82, 2.24) is 4.90 Å². The molecule has 148 valence electrons. The lowest BCUT2D eigenvalue weighted by atomic mass is 10.2. The van der Waals surface area contributed by atoms with Crippen LogP contribution in [0.5, 0.6) is 5.75 Å². The summed E-state index contributed by atoms with van der Waals surface area (Å²) in [6.07, 6.45) is 0.102. The first-order valence-corrected chi connectivity index (χ1v) is 10.0. The van der Waals surface area contributed by atoms with Crippen molar-refractivity contribution in [3.8, 4) is 5.75 Å². The average Bonchev–Trinajstić information content (AvgIpc) is 3.14. The van der Waals surface area contributed by atoms with Crippen molar-refractivity contribution in [1.29, 1.82) is 0 Å². The molecule has 1 aliphatic rings. The highest BCUT2D eigenvalue weighted by molar-refractivity contribution is 7.99. The second kappa shape index (κ2) is 9.59. The second-order valence-electron chi connectivity index (χ2n) is 6.40. The molecule has 0 bridgehead atoms. The van der Waals surface area contributed by atoms with Gasteiger partial charge in [-0.15, -0.1) is 11.8 Å². The van der Waals surface area contributed by atoms with E-state index in [4.69, 9.17) is 9.47 Å². The first-order valence-electron chi connectivity index (χ1n) is 9.05. The van der Waals surface area contributed by atoms with Crippen LogP contribution in [0.25, 0.3) is 0 Å². The Bertz CT molecular complexity index is 817. The molecule has 1 amide bonds. The van der Waals surface area contributed by atoms with Gasteiger partial charge in [0, 0.05) is 23.5 Å². The van der Waals surface area contributed by atoms with Gasteiger partial charge in [0.25, 0.3) is 0 Å². The van der Waals surface area contributed by atoms with Crippen molar-refractivity contribution in [3.05, 3.63) is 60.4 Å². The fourth-order valence-electron chi connectivity index (χ4n) is 3.15.